The van der Waals surface area contributed by atoms with Crippen molar-refractivity contribution >= 4 is 28.3 Å². The third kappa shape index (κ3) is 5.53. The van der Waals surface area contributed by atoms with E-state index in [1.54, 1.807) is 24.4 Å². The molecule has 0 atom stereocenters. The average Bonchev–Trinajstić information content (AvgIpc) is 3.66. The van der Waals surface area contributed by atoms with Gasteiger partial charge in [-0.15, -0.1) is 10.2 Å². The van der Waals surface area contributed by atoms with Gasteiger partial charge in [-0.05, 0) is 31.0 Å². The van der Waals surface area contributed by atoms with E-state index in [-0.39, 0.29) is 29.1 Å². The van der Waals surface area contributed by atoms with Crippen LogP contribution < -0.4 is 24.8 Å². The first kappa shape index (κ1) is 25.0. The summed E-state index contributed by atoms with van der Waals surface area (Å²) in [5, 5.41) is 17.5. The zero-order valence-corrected chi connectivity index (χ0v) is 20.2. The zero-order chi connectivity index (χ0) is 26.9. The maximum absolute atomic E-state index is 12.8. The van der Waals surface area contributed by atoms with E-state index in [0.29, 0.717) is 28.2 Å². The number of carbonyl (C=O) groups is 1. The molecule has 198 valence electrons. The Morgan fingerprint density at radius 2 is 1.84 bits per heavy atom. The fourth-order valence-electron chi connectivity index (χ4n) is 3.68. The van der Waals surface area contributed by atoms with Gasteiger partial charge in [-0.1, -0.05) is 0 Å². The van der Waals surface area contributed by atoms with Crippen molar-refractivity contribution in [2.75, 3.05) is 31.4 Å². The molecule has 2 N–H and O–H groups in total. The number of halogens is 3. The number of rotatable bonds is 9. The van der Waals surface area contributed by atoms with Crippen LogP contribution in [0.4, 0.5) is 24.7 Å². The Kier molecular flexibility index (Phi) is 6.61. The number of anilines is 2. The molecule has 1 fully saturated rings. The molecule has 14 heteroatoms. The van der Waals surface area contributed by atoms with Crippen LogP contribution in [0.1, 0.15) is 29.4 Å². The minimum atomic E-state index is -4.45. The van der Waals surface area contributed by atoms with E-state index in [2.05, 4.69) is 30.9 Å². The number of alkyl halides is 3. The number of hydrogen-bond acceptors (Lipinski definition) is 9. The molecule has 38 heavy (non-hydrogen) atoms. The van der Waals surface area contributed by atoms with Crippen molar-refractivity contribution in [1.82, 2.24) is 25.0 Å². The molecule has 0 saturated heterocycles. The van der Waals surface area contributed by atoms with Crippen LogP contribution in [0.25, 0.3) is 10.9 Å². The molecule has 4 aromatic rings. The van der Waals surface area contributed by atoms with Crippen LogP contribution in [0.2, 0.25) is 0 Å². The highest BCUT2D eigenvalue weighted by Crippen LogP contribution is 2.37. The summed E-state index contributed by atoms with van der Waals surface area (Å²) in [4.78, 5) is 17.1. The maximum Gasteiger partial charge on any atom is 0.405 e. The molecular formula is C24H22F3N7O4. The Bertz CT molecular complexity index is 1470. The summed E-state index contributed by atoms with van der Waals surface area (Å²) in [6.45, 7) is -1.29. The third-order valence-corrected chi connectivity index (χ3v) is 5.65. The van der Waals surface area contributed by atoms with Gasteiger partial charge in [0.15, 0.2) is 23.0 Å². The maximum atomic E-state index is 12.8. The van der Waals surface area contributed by atoms with Crippen LogP contribution in [0.3, 0.4) is 0 Å². The lowest BCUT2D eigenvalue weighted by molar-refractivity contribution is -0.115. The Balaban J connectivity index is 1.31. The van der Waals surface area contributed by atoms with Crippen LogP contribution in [0, 0.1) is 0 Å². The van der Waals surface area contributed by atoms with Crippen LogP contribution in [-0.2, 0) is 0 Å². The molecule has 1 amide bonds. The number of nitrogens with zero attached hydrogens (tertiary/aromatic N) is 5. The molecule has 0 unspecified atom stereocenters. The Labute approximate surface area is 213 Å². The highest BCUT2D eigenvalue weighted by Gasteiger charge is 2.31. The van der Waals surface area contributed by atoms with Crippen molar-refractivity contribution in [3.05, 3.63) is 48.4 Å². The van der Waals surface area contributed by atoms with E-state index in [9.17, 15) is 18.0 Å². The van der Waals surface area contributed by atoms with Gasteiger partial charge < -0.3 is 24.8 Å². The lowest BCUT2D eigenvalue weighted by atomic mass is 10.2. The number of carbonyl (C=O) groups excluding carboxylic acids is 1. The lowest BCUT2D eigenvalue weighted by Gasteiger charge is -2.12. The number of nitrogens with one attached hydrogen (secondary N) is 2. The van der Waals surface area contributed by atoms with E-state index in [1.807, 2.05) is 0 Å². The van der Waals surface area contributed by atoms with Gasteiger partial charge in [0.05, 0.1) is 31.5 Å². The molecule has 1 aromatic carbocycles. The Morgan fingerprint density at radius 1 is 1.08 bits per heavy atom. The normalized spacial score (nSPS) is 13.3. The second-order valence-electron chi connectivity index (χ2n) is 8.42. The number of ether oxygens (including phenoxy) is 3. The summed E-state index contributed by atoms with van der Waals surface area (Å²) >= 11 is 0. The van der Waals surface area contributed by atoms with E-state index < -0.39 is 18.6 Å². The minimum absolute atomic E-state index is 0.0174. The van der Waals surface area contributed by atoms with E-state index in [4.69, 9.17) is 14.2 Å². The predicted octanol–water partition coefficient (Wildman–Crippen LogP) is 4.59. The smallest absolute Gasteiger partial charge is 0.405 e. The fourth-order valence-corrected chi connectivity index (χ4v) is 3.68. The van der Waals surface area contributed by atoms with Crippen LogP contribution in [0.15, 0.2) is 42.7 Å². The first-order valence-corrected chi connectivity index (χ1v) is 11.5. The van der Waals surface area contributed by atoms with E-state index >= 15 is 0 Å². The number of benzene rings is 1. The molecular weight excluding hydrogens is 507 g/mol. The van der Waals surface area contributed by atoms with Crippen LogP contribution >= 0.6 is 0 Å². The Hall–Kier alpha value is -4.62. The quantitative estimate of drug-likeness (QED) is 0.320. The largest absolute Gasteiger partial charge is 0.493 e. The van der Waals surface area contributed by atoms with Crippen molar-refractivity contribution < 1.29 is 32.2 Å². The summed E-state index contributed by atoms with van der Waals surface area (Å²) in [5.41, 5.74) is 0.421. The van der Waals surface area contributed by atoms with Gasteiger partial charge >= 0.3 is 6.18 Å². The first-order valence-electron chi connectivity index (χ1n) is 11.5. The monoisotopic (exact) mass is 529 g/mol. The molecule has 5 rings (SSSR count). The summed E-state index contributed by atoms with van der Waals surface area (Å²) in [6.07, 6.45) is 0.221. The number of hydrogen-bond donors (Lipinski definition) is 2. The highest BCUT2D eigenvalue weighted by atomic mass is 19.4. The summed E-state index contributed by atoms with van der Waals surface area (Å²) in [6, 6.07) is 8.11. The van der Waals surface area contributed by atoms with Crippen molar-refractivity contribution in [3.63, 3.8) is 0 Å². The van der Waals surface area contributed by atoms with E-state index in [0.717, 1.165) is 12.8 Å². The van der Waals surface area contributed by atoms with Gasteiger partial charge in [0.2, 0.25) is 5.88 Å². The van der Waals surface area contributed by atoms with Gasteiger partial charge in [-0.3, -0.25) is 14.5 Å². The molecule has 1 aliphatic rings. The molecule has 0 bridgehead atoms. The van der Waals surface area contributed by atoms with Crippen molar-refractivity contribution in [3.8, 4) is 23.1 Å². The molecule has 0 spiro atoms. The number of methoxy groups -OCH3 is 2. The van der Waals surface area contributed by atoms with Gasteiger partial charge in [0.1, 0.15) is 12.3 Å². The summed E-state index contributed by atoms with van der Waals surface area (Å²) in [5.74, 6) is 0.927. The second-order valence-corrected chi connectivity index (χ2v) is 8.42. The molecule has 0 aliphatic heterocycles. The number of pyridine rings is 1. The second kappa shape index (κ2) is 10.0. The van der Waals surface area contributed by atoms with Crippen LogP contribution in [0.5, 0.6) is 23.1 Å². The van der Waals surface area contributed by atoms with Gasteiger partial charge in [-0.2, -0.15) is 18.3 Å². The molecule has 1 aliphatic carbocycles. The highest BCUT2D eigenvalue weighted by molar-refractivity contribution is 6.06. The van der Waals surface area contributed by atoms with Gasteiger partial charge in [-0.25, -0.2) is 0 Å². The fraction of sp³-hybridized carbons (Fsp3) is 0.292. The predicted molar refractivity (Wildman–Crippen MR) is 130 cm³/mol. The number of fused-ring (bicyclic) bond motifs is 1. The summed E-state index contributed by atoms with van der Waals surface area (Å²) < 4.78 is 56.2. The number of amides is 1. The standard InChI is InChI=1S/C24H22F3N7O4/c1-36-18-9-14-15(10-19(18)37-2)28-8-7-17(14)38-21-6-5-20(31-32-21)30-23(35)22-16(29-12-24(25,26)27)11-34(33-22)13-3-4-13/h5-11,13,29H,3-4,12H2,1-2H3,(H,30,31,35). The van der Waals surface area contributed by atoms with Gasteiger partial charge in [0, 0.05) is 29.9 Å². The zero-order valence-electron chi connectivity index (χ0n) is 20.2. The summed E-state index contributed by atoms with van der Waals surface area (Å²) in [7, 11) is 3.05. The molecule has 0 radical (unpaired) electrons. The van der Waals surface area contributed by atoms with E-state index in [1.165, 1.54) is 37.2 Å². The molecule has 3 aromatic heterocycles. The van der Waals surface area contributed by atoms with Crippen LogP contribution in [-0.4, -0.2) is 57.8 Å². The molecule has 3 heterocycles. The Morgan fingerprint density at radius 3 is 2.50 bits per heavy atom. The topological polar surface area (TPSA) is 125 Å². The third-order valence-electron chi connectivity index (χ3n) is 5.65. The van der Waals surface area contributed by atoms with Crippen molar-refractivity contribution in [1.29, 1.82) is 0 Å². The minimum Gasteiger partial charge on any atom is -0.493 e. The average molecular weight is 529 g/mol. The SMILES string of the molecule is COc1cc2nccc(Oc3ccc(NC(=O)c4nn(C5CC5)cc4NCC(F)(F)F)nn3)c2cc1OC. The molecule has 11 nitrogen and oxygen atoms in total. The number of aromatic nitrogens is 5. The lowest BCUT2D eigenvalue weighted by Crippen LogP contribution is -2.23. The van der Waals surface area contributed by atoms with Crippen molar-refractivity contribution in [2.24, 2.45) is 0 Å². The van der Waals surface area contributed by atoms with Gasteiger partial charge in [0.25, 0.3) is 5.91 Å². The first-order chi connectivity index (χ1) is 18.2. The molecule has 1 saturated carbocycles. The van der Waals surface area contributed by atoms with Crippen molar-refractivity contribution in [2.45, 2.75) is 25.1 Å².